The van der Waals surface area contributed by atoms with E-state index in [2.05, 4.69) is 0 Å². The van der Waals surface area contributed by atoms with Crippen LogP contribution in [0.2, 0.25) is 0 Å². The molecule has 39 heavy (non-hydrogen) atoms. The molecule has 3 aromatic carbocycles. The molecule has 0 bridgehead atoms. The van der Waals surface area contributed by atoms with Crippen molar-refractivity contribution >= 4 is 18.0 Å². The van der Waals surface area contributed by atoms with E-state index in [1.807, 2.05) is 42.5 Å². The monoisotopic (exact) mass is 556 g/mol. The van der Waals surface area contributed by atoms with E-state index in [-0.39, 0.29) is 30.3 Å². The first-order valence-electron chi connectivity index (χ1n) is 12.6. The number of hydrogen-bond acceptors (Lipinski definition) is 6. The van der Waals surface area contributed by atoms with Crippen molar-refractivity contribution in [1.29, 1.82) is 0 Å². The van der Waals surface area contributed by atoms with Crippen molar-refractivity contribution in [2.75, 3.05) is 12.4 Å². The highest BCUT2D eigenvalue weighted by Crippen LogP contribution is 2.45. The maximum atomic E-state index is 13.0. The Morgan fingerprint density at radius 3 is 2.54 bits per heavy atom. The van der Waals surface area contributed by atoms with Crippen LogP contribution in [0.3, 0.4) is 0 Å². The van der Waals surface area contributed by atoms with E-state index >= 15 is 0 Å². The van der Waals surface area contributed by atoms with Gasteiger partial charge in [-0.05, 0) is 53.5 Å². The molecule has 3 aromatic rings. The van der Waals surface area contributed by atoms with Crippen molar-refractivity contribution in [3.8, 4) is 16.9 Å². The van der Waals surface area contributed by atoms with Crippen LogP contribution < -0.4 is 4.74 Å². The Bertz CT molecular complexity index is 1300. The van der Waals surface area contributed by atoms with Gasteiger partial charge in [-0.3, -0.25) is 0 Å². The standard InChI is InChI=1S/C30H27F3O5S/c31-30(32,33)22-7-4-8-24(15-22)36-17-23(34)13-14-25-26-18-39-38-28(26)16-27(25)37-29(35)21-11-9-20(10-12-21)19-5-2-1-3-6-19/h1-15,23,25-28,34H,16-18H2/b14-13+/t23-,25-,26-,27-,28+/m1/s1. The molecule has 0 spiro atoms. The molecule has 9 heteroatoms. The number of aliphatic hydroxyl groups is 1. The third-order valence-corrected chi connectivity index (χ3v) is 7.85. The molecule has 1 aliphatic heterocycles. The zero-order valence-electron chi connectivity index (χ0n) is 20.8. The van der Waals surface area contributed by atoms with Crippen LogP contribution in [0, 0.1) is 11.8 Å². The Morgan fingerprint density at radius 2 is 1.79 bits per heavy atom. The van der Waals surface area contributed by atoms with E-state index in [0.29, 0.717) is 12.0 Å². The molecule has 0 amide bonds. The topological polar surface area (TPSA) is 65.0 Å². The molecule has 5 atom stereocenters. The normalized spacial score (nSPS) is 23.5. The molecule has 1 aliphatic carbocycles. The Hall–Kier alpha value is -3.27. The summed E-state index contributed by atoms with van der Waals surface area (Å²) in [6, 6.07) is 21.6. The number of fused-ring (bicyclic) bond motifs is 1. The smallest absolute Gasteiger partial charge is 0.416 e. The number of esters is 1. The van der Waals surface area contributed by atoms with Gasteiger partial charge in [0, 0.05) is 24.0 Å². The number of carbonyl (C=O) groups excluding carboxylic acids is 1. The fourth-order valence-electron chi connectivity index (χ4n) is 4.90. The van der Waals surface area contributed by atoms with Crippen LogP contribution in [0.4, 0.5) is 13.2 Å². The number of alkyl halides is 3. The van der Waals surface area contributed by atoms with Crippen molar-refractivity contribution in [2.24, 2.45) is 11.8 Å². The van der Waals surface area contributed by atoms with Gasteiger partial charge in [0.15, 0.2) is 0 Å². The molecule has 1 saturated heterocycles. The van der Waals surface area contributed by atoms with E-state index in [4.69, 9.17) is 13.7 Å². The average Bonchev–Trinajstić information content (AvgIpc) is 3.52. The second-order valence-electron chi connectivity index (χ2n) is 9.57. The fourth-order valence-corrected chi connectivity index (χ4v) is 5.97. The molecule has 1 heterocycles. The van der Waals surface area contributed by atoms with Crippen molar-refractivity contribution in [1.82, 2.24) is 0 Å². The second-order valence-corrected chi connectivity index (χ2v) is 10.3. The molecular formula is C30H27F3O5S. The number of halogens is 3. The summed E-state index contributed by atoms with van der Waals surface area (Å²) in [6.07, 6.45) is -2.16. The summed E-state index contributed by atoms with van der Waals surface area (Å²) in [4.78, 5) is 13.0. The van der Waals surface area contributed by atoms with Gasteiger partial charge >= 0.3 is 12.1 Å². The lowest BCUT2D eigenvalue weighted by Crippen LogP contribution is -2.25. The van der Waals surface area contributed by atoms with Crippen molar-refractivity contribution in [3.63, 3.8) is 0 Å². The van der Waals surface area contributed by atoms with Crippen molar-refractivity contribution in [3.05, 3.63) is 102 Å². The minimum absolute atomic E-state index is 0.0175. The van der Waals surface area contributed by atoms with Gasteiger partial charge in [0.2, 0.25) is 0 Å². The number of aliphatic hydroxyl groups excluding tert-OH is 1. The summed E-state index contributed by atoms with van der Waals surface area (Å²) in [5.74, 6) is 0.251. The quantitative estimate of drug-likeness (QED) is 0.192. The summed E-state index contributed by atoms with van der Waals surface area (Å²) in [7, 11) is 0. The van der Waals surface area contributed by atoms with Crippen LogP contribution in [0.1, 0.15) is 22.3 Å². The van der Waals surface area contributed by atoms with Crippen molar-refractivity contribution in [2.45, 2.75) is 30.9 Å². The summed E-state index contributed by atoms with van der Waals surface area (Å²) in [5.41, 5.74) is 1.67. The van der Waals surface area contributed by atoms with Gasteiger partial charge in [-0.15, -0.1) is 0 Å². The zero-order chi connectivity index (χ0) is 27.4. The lowest BCUT2D eigenvalue weighted by atomic mass is 9.94. The Morgan fingerprint density at radius 1 is 1.05 bits per heavy atom. The lowest BCUT2D eigenvalue weighted by molar-refractivity contribution is -0.137. The highest BCUT2D eigenvalue weighted by atomic mass is 32.2. The number of benzene rings is 3. The van der Waals surface area contributed by atoms with Crippen LogP contribution in [0.25, 0.3) is 11.1 Å². The second kappa shape index (κ2) is 11.9. The van der Waals surface area contributed by atoms with E-state index in [0.717, 1.165) is 29.0 Å². The van der Waals surface area contributed by atoms with Crippen LogP contribution in [-0.2, 0) is 15.1 Å². The van der Waals surface area contributed by atoms with Crippen LogP contribution in [0.5, 0.6) is 5.75 Å². The van der Waals surface area contributed by atoms with Gasteiger partial charge in [0.25, 0.3) is 0 Å². The zero-order valence-corrected chi connectivity index (χ0v) is 21.6. The van der Waals surface area contributed by atoms with Gasteiger partial charge in [-0.25, -0.2) is 4.79 Å². The lowest BCUT2D eigenvalue weighted by Gasteiger charge is -2.21. The minimum atomic E-state index is -4.48. The van der Waals surface area contributed by atoms with E-state index in [1.54, 1.807) is 24.3 Å². The molecule has 0 aromatic heterocycles. The highest BCUT2D eigenvalue weighted by molar-refractivity contribution is 7.94. The molecule has 2 aliphatic rings. The van der Waals surface area contributed by atoms with Gasteiger partial charge in [-0.1, -0.05) is 60.7 Å². The molecule has 2 fully saturated rings. The first-order valence-corrected chi connectivity index (χ1v) is 13.5. The van der Waals surface area contributed by atoms with Crippen LogP contribution in [0.15, 0.2) is 91.0 Å². The average molecular weight is 557 g/mol. The van der Waals surface area contributed by atoms with E-state index < -0.39 is 29.9 Å². The summed E-state index contributed by atoms with van der Waals surface area (Å²) >= 11 is 1.38. The Balaban J connectivity index is 1.21. The highest BCUT2D eigenvalue weighted by Gasteiger charge is 2.48. The minimum Gasteiger partial charge on any atom is -0.491 e. The predicted octanol–water partition coefficient (Wildman–Crippen LogP) is 6.58. The number of carbonyl (C=O) groups is 1. The third-order valence-electron chi connectivity index (χ3n) is 6.94. The molecule has 0 radical (unpaired) electrons. The molecular weight excluding hydrogens is 529 g/mol. The number of rotatable bonds is 8. The van der Waals surface area contributed by atoms with Gasteiger partial charge in [0.05, 0.1) is 17.2 Å². The maximum absolute atomic E-state index is 13.0. The van der Waals surface area contributed by atoms with E-state index in [9.17, 15) is 23.1 Å². The largest absolute Gasteiger partial charge is 0.491 e. The third kappa shape index (κ3) is 6.66. The molecule has 5 nitrogen and oxygen atoms in total. The number of hydrogen-bond donors (Lipinski definition) is 1. The summed E-state index contributed by atoms with van der Waals surface area (Å²) < 4.78 is 55.8. The molecule has 5 rings (SSSR count). The predicted molar refractivity (Wildman–Crippen MR) is 142 cm³/mol. The molecule has 0 unspecified atom stereocenters. The maximum Gasteiger partial charge on any atom is 0.416 e. The van der Waals surface area contributed by atoms with E-state index in [1.165, 1.54) is 24.2 Å². The molecule has 204 valence electrons. The fraction of sp³-hybridized carbons (Fsp3) is 0.300. The summed E-state index contributed by atoms with van der Waals surface area (Å²) in [5, 5.41) is 10.4. The van der Waals surface area contributed by atoms with Crippen LogP contribution in [-0.4, -0.2) is 41.7 Å². The summed E-state index contributed by atoms with van der Waals surface area (Å²) in [6.45, 7) is -0.220. The number of ether oxygens (including phenoxy) is 2. The Kier molecular flexibility index (Phi) is 8.30. The first kappa shape index (κ1) is 27.3. The van der Waals surface area contributed by atoms with Gasteiger partial charge in [0.1, 0.15) is 24.6 Å². The molecule has 1 saturated carbocycles. The van der Waals surface area contributed by atoms with Crippen molar-refractivity contribution < 1.29 is 36.7 Å². The van der Waals surface area contributed by atoms with Gasteiger partial charge < -0.3 is 18.8 Å². The SMILES string of the molecule is O=C(O[C@@H]1C[C@@H]2OSC[C@@H]2[C@H]1/C=C/[C@@H](O)COc1cccc(C(F)(F)F)c1)c1ccc(-c2ccccc2)cc1. The first-order chi connectivity index (χ1) is 18.8. The van der Waals surface area contributed by atoms with Crippen LogP contribution >= 0.6 is 12.0 Å². The molecule has 1 N–H and O–H groups in total. The Labute approximate surface area is 228 Å². The van der Waals surface area contributed by atoms with Gasteiger partial charge in [-0.2, -0.15) is 13.2 Å².